The summed E-state index contributed by atoms with van der Waals surface area (Å²) in [5.74, 6) is -1.08. The summed E-state index contributed by atoms with van der Waals surface area (Å²) in [4.78, 5) is 12.4. The van der Waals surface area contributed by atoms with Crippen LogP contribution in [0.1, 0.15) is 18.2 Å². The van der Waals surface area contributed by atoms with Crippen molar-refractivity contribution >= 4 is 33.2 Å². The van der Waals surface area contributed by atoms with Gasteiger partial charge in [0.2, 0.25) is 0 Å². The normalized spacial score (nSPS) is 20.1. The van der Waals surface area contributed by atoms with Gasteiger partial charge < -0.3 is 9.84 Å². The van der Waals surface area contributed by atoms with Crippen LogP contribution in [0.2, 0.25) is 0 Å². The van der Waals surface area contributed by atoms with Gasteiger partial charge in [0.1, 0.15) is 0 Å². The molecule has 1 unspecified atom stereocenters. The number of hydrogen-bond acceptors (Lipinski definition) is 3. The van der Waals surface area contributed by atoms with Crippen LogP contribution in [0.5, 0.6) is 0 Å². The summed E-state index contributed by atoms with van der Waals surface area (Å²) >= 11 is 5.02. The first-order valence-corrected chi connectivity index (χ1v) is 6.77. The fourth-order valence-electron chi connectivity index (χ4n) is 2.22. The number of carboxylic acids is 1. The topological polar surface area (TPSA) is 46.5 Å². The monoisotopic (exact) mass is 304 g/mol. The van der Waals surface area contributed by atoms with Crippen LogP contribution in [-0.2, 0) is 14.9 Å². The smallest absolute Gasteiger partial charge is 0.307 e. The zero-order chi connectivity index (χ0) is 11.8. The molecular formula is C11H13BrO3S. The summed E-state index contributed by atoms with van der Waals surface area (Å²) in [5.41, 5.74) is -0.308. The summed E-state index contributed by atoms with van der Waals surface area (Å²) in [7, 11) is 0. The molecule has 0 bridgehead atoms. The molecule has 0 aromatic carbocycles. The van der Waals surface area contributed by atoms with Crippen LogP contribution in [0.25, 0.3) is 0 Å². The maximum atomic E-state index is 11.3. The summed E-state index contributed by atoms with van der Waals surface area (Å²) in [6.45, 7) is 2.96. The highest BCUT2D eigenvalue weighted by Crippen LogP contribution is 2.45. The Balaban J connectivity index is 2.35. The minimum atomic E-state index is -0.727. The summed E-state index contributed by atoms with van der Waals surface area (Å²) in [5, 5.41) is 9.28. The van der Waals surface area contributed by atoms with E-state index >= 15 is 0 Å². The third-order valence-corrected chi connectivity index (χ3v) is 5.00. The van der Waals surface area contributed by atoms with Crippen LogP contribution in [0.3, 0.4) is 0 Å². The standard InChI is InChI=1S/C11H13BrO3S/c1-2-7(10(13)14)11(5-15-6-11)8-3-4-9(12)16-8/h3-4,7H,2,5-6H2,1H3,(H,13,14). The highest BCUT2D eigenvalue weighted by molar-refractivity contribution is 9.11. The van der Waals surface area contributed by atoms with Gasteiger partial charge in [-0.1, -0.05) is 6.92 Å². The molecule has 2 heterocycles. The lowest BCUT2D eigenvalue weighted by molar-refractivity contribution is -0.156. The zero-order valence-electron chi connectivity index (χ0n) is 8.90. The predicted molar refractivity (Wildman–Crippen MR) is 65.9 cm³/mol. The Kier molecular flexibility index (Phi) is 3.37. The molecule has 3 nitrogen and oxygen atoms in total. The lowest BCUT2D eigenvalue weighted by atomic mass is 9.71. The Labute approximate surface area is 107 Å². The van der Waals surface area contributed by atoms with E-state index in [4.69, 9.17) is 4.74 Å². The minimum Gasteiger partial charge on any atom is -0.481 e. The van der Waals surface area contributed by atoms with E-state index in [1.54, 1.807) is 11.3 Å². The van der Waals surface area contributed by atoms with Gasteiger partial charge in [-0.05, 0) is 34.5 Å². The minimum absolute atomic E-state index is 0.308. The summed E-state index contributed by atoms with van der Waals surface area (Å²) < 4.78 is 6.30. The third kappa shape index (κ3) is 1.81. The lowest BCUT2D eigenvalue weighted by Gasteiger charge is -2.44. The van der Waals surface area contributed by atoms with Crippen molar-refractivity contribution < 1.29 is 14.6 Å². The van der Waals surface area contributed by atoms with Crippen molar-refractivity contribution in [2.75, 3.05) is 13.2 Å². The molecule has 16 heavy (non-hydrogen) atoms. The first-order chi connectivity index (χ1) is 7.60. The lowest BCUT2D eigenvalue weighted by Crippen LogP contribution is -2.54. The van der Waals surface area contributed by atoms with Gasteiger partial charge in [-0.25, -0.2) is 0 Å². The molecule has 1 aliphatic heterocycles. The number of carbonyl (C=O) groups is 1. The van der Waals surface area contributed by atoms with Crippen molar-refractivity contribution in [1.29, 1.82) is 0 Å². The third-order valence-electron chi connectivity index (χ3n) is 3.16. The molecule has 0 radical (unpaired) electrons. The molecule has 1 aromatic heterocycles. The van der Waals surface area contributed by atoms with Gasteiger partial charge in [0.25, 0.3) is 0 Å². The van der Waals surface area contributed by atoms with Gasteiger partial charge >= 0.3 is 5.97 Å². The van der Waals surface area contributed by atoms with Gasteiger partial charge in [0.15, 0.2) is 0 Å². The molecule has 5 heteroatoms. The highest BCUT2D eigenvalue weighted by atomic mass is 79.9. The van der Waals surface area contributed by atoms with Gasteiger partial charge in [-0.2, -0.15) is 0 Å². The molecular weight excluding hydrogens is 292 g/mol. The summed E-state index contributed by atoms with van der Waals surface area (Å²) in [6.07, 6.45) is 0.633. The fraction of sp³-hybridized carbons (Fsp3) is 0.545. The second kappa shape index (κ2) is 4.47. The number of halogens is 1. The molecule has 1 N–H and O–H groups in total. The van der Waals surface area contributed by atoms with Crippen LogP contribution < -0.4 is 0 Å². The Bertz CT molecular complexity index is 398. The molecule has 0 aliphatic carbocycles. The Morgan fingerprint density at radius 2 is 2.38 bits per heavy atom. The molecule has 2 rings (SSSR count). The van der Waals surface area contributed by atoms with Crippen LogP contribution in [0.15, 0.2) is 15.9 Å². The van der Waals surface area contributed by atoms with Gasteiger partial charge in [0.05, 0.1) is 28.3 Å². The molecule has 1 fully saturated rings. The molecule has 1 aliphatic rings. The second-order valence-electron chi connectivity index (χ2n) is 4.05. The van der Waals surface area contributed by atoms with Crippen molar-refractivity contribution in [1.82, 2.24) is 0 Å². The number of hydrogen-bond donors (Lipinski definition) is 1. The van der Waals surface area contributed by atoms with E-state index in [0.29, 0.717) is 19.6 Å². The molecule has 0 saturated carbocycles. The average Bonchev–Trinajstić information content (AvgIpc) is 2.57. The SMILES string of the molecule is CCC(C(=O)O)C1(c2ccc(Br)s2)COC1. The van der Waals surface area contributed by atoms with Crippen LogP contribution in [-0.4, -0.2) is 24.3 Å². The molecule has 88 valence electrons. The van der Waals surface area contributed by atoms with Gasteiger partial charge in [-0.3, -0.25) is 4.79 Å². The highest BCUT2D eigenvalue weighted by Gasteiger charge is 2.50. The Morgan fingerprint density at radius 3 is 2.69 bits per heavy atom. The number of rotatable bonds is 4. The number of aliphatic carboxylic acids is 1. The largest absolute Gasteiger partial charge is 0.481 e. The molecule has 1 aromatic rings. The van der Waals surface area contributed by atoms with E-state index in [0.717, 1.165) is 8.66 Å². The molecule has 1 atom stereocenters. The first-order valence-electron chi connectivity index (χ1n) is 5.16. The Morgan fingerprint density at radius 1 is 1.69 bits per heavy atom. The molecule has 0 spiro atoms. The predicted octanol–water partition coefficient (Wildman–Crippen LogP) is 2.89. The number of ether oxygens (including phenoxy) is 1. The van der Waals surface area contributed by atoms with Crippen molar-refractivity contribution in [3.05, 3.63) is 20.8 Å². The fourth-order valence-corrected chi connectivity index (χ4v) is 3.82. The molecule has 1 saturated heterocycles. The molecule has 0 amide bonds. The maximum Gasteiger partial charge on any atom is 0.307 e. The zero-order valence-corrected chi connectivity index (χ0v) is 11.3. The van der Waals surface area contributed by atoms with E-state index in [2.05, 4.69) is 15.9 Å². The maximum absolute atomic E-state index is 11.3. The van der Waals surface area contributed by atoms with Crippen molar-refractivity contribution in [2.24, 2.45) is 5.92 Å². The van der Waals surface area contributed by atoms with Crippen LogP contribution in [0.4, 0.5) is 0 Å². The van der Waals surface area contributed by atoms with E-state index in [9.17, 15) is 9.90 Å². The quantitative estimate of drug-likeness (QED) is 0.930. The van der Waals surface area contributed by atoms with Crippen molar-refractivity contribution in [3.63, 3.8) is 0 Å². The van der Waals surface area contributed by atoms with Crippen LogP contribution >= 0.6 is 27.3 Å². The van der Waals surface area contributed by atoms with Crippen molar-refractivity contribution in [3.8, 4) is 0 Å². The second-order valence-corrected chi connectivity index (χ2v) is 6.51. The van der Waals surface area contributed by atoms with E-state index in [1.165, 1.54) is 0 Å². The summed E-state index contributed by atoms with van der Waals surface area (Å²) in [6, 6.07) is 3.97. The number of thiophene rings is 1. The van der Waals surface area contributed by atoms with Gasteiger partial charge in [-0.15, -0.1) is 11.3 Å². The first kappa shape index (κ1) is 12.1. The number of carboxylic acid groups (broad SMARTS) is 1. The van der Waals surface area contributed by atoms with E-state index < -0.39 is 5.97 Å². The van der Waals surface area contributed by atoms with E-state index in [-0.39, 0.29) is 11.3 Å². The van der Waals surface area contributed by atoms with Gasteiger partial charge in [0, 0.05) is 4.88 Å². The van der Waals surface area contributed by atoms with Crippen LogP contribution in [0, 0.1) is 5.92 Å². The van der Waals surface area contributed by atoms with Crippen molar-refractivity contribution in [2.45, 2.75) is 18.8 Å². The van der Waals surface area contributed by atoms with E-state index in [1.807, 2.05) is 19.1 Å². The average molecular weight is 305 g/mol. The Hall–Kier alpha value is -0.390.